The van der Waals surface area contributed by atoms with Gasteiger partial charge in [-0.2, -0.15) is 5.10 Å². The van der Waals surface area contributed by atoms with E-state index < -0.39 is 5.60 Å². The molecule has 0 saturated heterocycles. The summed E-state index contributed by atoms with van der Waals surface area (Å²) >= 11 is 0. The third kappa shape index (κ3) is 1.49. The number of nitrogens with zero attached hydrogens (tertiary/aromatic N) is 2. The number of aromatic nitrogens is 2. The highest BCUT2D eigenvalue weighted by molar-refractivity contribution is 5.14. The van der Waals surface area contributed by atoms with E-state index in [0.717, 1.165) is 11.4 Å². The summed E-state index contributed by atoms with van der Waals surface area (Å²) < 4.78 is 1.78. The van der Waals surface area contributed by atoms with Crippen LogP contribution in [0.25, 0.3) is 0 Å². The molecule has 0 atom stereocenters. The fraction of sp³-hybridized carbons (Fsp3) is 0.625. The molecule has 0 radical (unpaired) electrons. The fourth-order valence-electron chi connectivity index (χ4n) is 1.23. The minimum absolute atomic E-state index is 0.476. The molecule has 0 unspecified atom stereocenters. The number of nitrogens with two attached hydrogens (primary N) is 1. The Balaban J connectivity index is 3.09. The Kier molecular flexibility index (Phi) is 2.21. The van der Waals surface area contributed by atoms with Crippen molar-refractivity contribution in [3.63, 3.8) is 0 Å². The molecule has 68 valence electrons. The second kappa shape index (κ2) is 2.88. The first-order chi connectivity index (χ1) is 5.47. The molecule has 1 rings (SSSR count). The van der Waals surface area contributed by atoms with E-state index in [1.165, 1.54) is 0 Å². The summed E-state index contributed by atoms with van der Waals surface area (Å²) in [5, 5.41) is 4.21. The van der Waals surface area contributed by atoms with Crippen molar-refractivity contribution >= 4 is 0 Å². The van der Waals surface area contributed by atoms with Gasteiger partial charge in [-0.15, -0.1) is 0 Å². The van der Waals surface area contributed by atoms with Gasteiger partial charge in [0.1, 0.15) is 5.60 Å². The molecular weight excluding hydrogens is 154 g/mol. The van der Waals surface area contributed by atoms with Crippen LogP contribution in [0.5, 0.6) is 0 Å². The van der Waals surface area contributed by atoms with Crippen molar-refractivity contribution in [1.82, 2.24) is 9.78 Å². The maximum absolute atomic E-state index is 5.18. The normalized spacial score (nSPS) is 12.1. The summed E-state index contributed by atoms with van der Waals surface area (Å²) in [4.78, 5) is 4.86. The van der Waals surface area contributed by atoms with Crippen LogP contribution >= 0.6 is 0 Å². The first-order valence-corrected chi connectivity index (χ1v) is 3.86. The Bertz CT molecular complexity index is 278. The van der Waals surface area contributed by atoms with E-state index in [9.17, 15) is 0 Å². The highest BCUT2D eigenvalue weighted by Crippen LogP contribution is 2.22. The summed E-state index contributed by atoms with van der Waals surface area (Å²) in [5.41, 5.74) is 1.47. The average Bonchev–Trinajstić information content (AvgIpc) is 2.31. The van der Waals surface area contributed by atoms with E-state index in [-0.39, 0.29) is 0 Å². The van der Waals surface area contributed by atoms with Crippen molar-refractivity contribution in [1.29, 1.82) is 0 Å². The average molecular weight is 169 g/mol. The first-order valence-electron chi connectivity index (χ1n) is 3.86. The van der Waals surface area contributed by atoms with Crippen LogP contribution in [0.4, 0.5) is 0 Å². The predicted octanol–water partition coefficient (Wildman–Crippen LogP) is 0.854. The van der Waals surface area contributed by atoms with E-state index in [0.29, 0.717) is 0 Å². The fourth-order valence-corrected chi connectivity index (χ4v) is 1.23. The SMILES string of the molecule is Cc1cc(C(C)(C)ON)n(C)n1. The van der Waals surface area contributed by atoms with E-state index in [1.807, 2.05) is 33.9 Å². The van der Waals surface area contributed by atoms with Crippen LogP contribution in [-0.4, -0.2) is 9.78 Å². The van der Waals surface area contributed by atoms with Crippen LogP contribution in [0.3, 0.4) is 0 Å². The lowest BCUT2D eigenvalue weighted by Gasteiger charge is -2.21. The van der Waals surface area contributed by atoms with E-state index in [4.69, 9.17) is 10.7 Å². The summed E-state index contributed by atoms with van der Waals surface area (Å²) in [6.07, 6.45) is 0. The molecule has 1 heterocycles. The quantitative estimate of drug-likeness (QED) is 0.668. The molecule has 1 aromatic rings. The van der Waals surface area contributed by atoms with Gasteiger partial charge < -0.3 is 0 Å². The van der Waals surface area contributed by atoms with Gasteiger partial charge in [-0.25, -0.2) is 5.90 Å². The van der Waals surface area contributed by atoms with Gasteiger partial charge in [0.15, 0.2) is 0 Å². The molecule has 0 fully saturated rings. The third-order valence-corrected chi connectivity index (χ3v) is 1.91. The summed E-state index contributed by atoms with van der Waals surface area (Å²) in [6, 6.07) is 1.97. The third-order valence-electron chi connectivity index (χ3n) is 1.91. The molecular formula is C8H15N3O. The van der Waals surface area contributed by atoms with E-state index >= 15 is 0 Å². The van der Waals surface area contributed by atoms with Crippen LogP contribution in [-0.2, 0) is 17.5 Å². The molecule has 0 bridgehead atoms. The molecule has 12 heavy (non-hydrogen) atoms. The van der Waals surface area contributed by atoms with Gasteiger partial charge in [0.05, 0.1) is 11.4 Å². The topological polar surface area (TPSA) is 53.1 Å². The zero-order valence-electron chi connectivity index (χ0n) is 7.96. The predicted molar refractivity (Wildman–Crippen MR) is 46.2 cm³/mol. The summed E-state index contributed by atoms with van der Waals surface area (Å²) in [7, 11) is 1.88. The monoisotopic (exact) mass is 169 g/mol. The summed E-state index contributed by atoms with van der Waals surface area (Å²) in [5.74, 6) is 5.18. The Morgan fingerprint density at radius 2 is 2.17 bits per heavy atom. The first kappa shape index (κ1) is 9.22. The second-order valence-electron chi connectivity index (χ2n) is 3.42. The molecule has 0 saturated carbocycles. The zero-order chi connectivity index (χ0) is 9.35. The van der Waals surface area contributed by atoms with Crippen molar-refractivity contribution in [2.75, 3.05) is 0 Å². The van der Waals surface area contributed by atoms with Crippen molar-refractivity contribution < 1.29 is 4.84 Å². The number of hydrogen-bond acceptors (Lipinski definition) is 3. The molecule has 0 aliphatic rings. The Labute approximate surface area is 72.3 Å². The molecule has 0 aromatic carbocycles. The number of aryl methyl sites for hydroxylation is 2. The molecule has 4 heteroatoms. The van der Waals surface area contributed by atoms with Crippen LogP contribution in [0.2, 0.25) is 0 Å². The zero-order valence-corrected chi connectivity index (χ0v) is 7.96. The van der Waals surface area contributed by atoms with Crippen molar-refractivity contribution in [3.8, 4) is 0 Å². The van der Waals surface area contributed by atoms with Gasteiger partial charge in [-0.05, 0) is 26.8 Å². The van der Waals surface area contributed by atoms with Crippen LogP contribution in [0, 0.1) is 6.92 Å². The minimum atomic E-state index is -0.476. The lowest BCUT2D eigenvalue weighted by Crippen LogP contribution is -2.27. The highest BCUT2D eigenvalue weighted by atomic mass is 16.6. The number of hydrogen-bond donors (Lipinski definition) is 1. The molecule has 1 aromatic heterocycles. The number of rotatable bonds is 2. The Morgan fingerprint density at radius 3 is 2.50 bits per heavy atom. The van der Waals surface area contributed by atoms with Crippen LogP contribution in [0.15, 0.2) is 6.07 Å². The van der Waals surface area contributed by atoms with Crippen LogP contribution in [0.1, 0.15) is 25.2 Å². The van der Waals surface area contributed by atoms with Gasteiger partial charge in [0, 0.05) is 7.05 Å². The lowest BCUT2D eigenvalue weighted by atomic mass is 10.1. The van der Waals surface area contributed by atoms with Crippen molar-refractivity contribution in [2.24, 2.45) is 12.9 Å². The summed E-state index contributed by atoms with van der Waals surface area (Å²) in [6.45, 7) is 5.75. The van der Waals surface area contributed by atoms with Crippen molar-refractivity contribution in [2.45, 2.75) is 26.4 Å². The molecule has 0 spiro atoms. The Morgan fingerprint density at radius 1 is 1.58 bits per heavy atom. The van der Waals surface area contributed by atoms with Gasteiger partial charge in [0.2, 0.25) is 0 Å². The molecule has 2 N–H and O–H groups in total. The minimum Gasteiger partial charge on any atom is -0.292 e. The molecule has 0 aliphatic heterocycles. The van der Waals surface area contributed by atoms with E-state index in [2.05, 4.69) is 5.10 Å². The molecule has 0 aliphatic carbocycles. The van der Waals surface area contributed by atoms with Gasteiger partial charge in [-0.3, -0.25) is 9.52 Å². The molecule has 0 amide bonds. The lowest BCUT2D eigenvalue weighted by molar-refractivity contribution is -0.0294. The highest BCUT2D eigenvalue weighted by Gasteiger charge is 2.24. The van der Waals surface area contributed by atoms with Crippen LogP contribution < -0.4 is 5.90 Å². The van der Waals surface area contributed by atoms with E-state index in [1.54, 1.807) is 4.68 Å². The van der Waals surface area contributed by atoms with Crippen molar-refractivity contribution in [3.05, 3.63) is 17.5 Å². The smallest absolute Gasteiger partial charge is 0.125 e. The maximum Gasteiger partial charge on any atom is 0.125 e. The maximum atomic E-state index is 5.18. The largest absolute Gasteiger partial charge is 0.292 e. The Hall–Kier alpha value is -0.870. The molecule has 4 nitrogen and oxygen atoms in total. The van der Waals surface area contributed by atoms with Gasteiger partial charge in [-0.1, -0.05) is 0 Å². The standard InChI is InChI=1S/C8H15N3O/c1-6-5-7(11(4)10-6)8(2,3)12-9/h5H,9H2,1-4H3. The van der Waals surface area contributed by atoms with Gasteiger partial charge >= 0.3 is 0 Å². The second-order valence-corrected chi connectivity index (χ2v) is 3.42. The van der Waals surface area contributed by atoms with Gasteiger partial charge in [0.25, 0.3) is 0 Å².